The van der Waals surface area contributed by atoms with Crippen LogP contribution in [0.4, 0.5) is 17.3 Å². The molecule has 0 radical (unpaired) electrons. The molecule has 40 heavy (non-hydrogen) atoms. The molecule has 1 aliphatic heterocycles. The lowest BCUT2D eigenvalue weighted by molar-refractivity contribution is 0.189. The van der Waals surface area contributed by atoms with E-state index in [0.717, 1.165) is 71.6 Å². The molecule has 1 saturated heterocycles. The molecule has 0 unspecified atom stereocenters. The summed E-state index contributed by atoms with van der Waals surface area (Å²) < 4.78 is 1.71. The van der Waals surface area contributed by atoms with Gasteiger partial charge in [0.2, 0.25) is 5.95 Å². The van der Waals surface area contributed by atoms with Gasteiger partial charge in [-0.15, -0.1) is 0 Å². The zero-order valence-electron chi connectivity index (χ0n) is 22.5. The maximum atomic E-state index is 13.4. The van der Waals surface area contributed by atoms with Crippen molar-refractivity contribution in [3.63, 3.8) is 0 Å². The van der Waals surface area contributed by atoms with Gasteiger partial charge in [-0.2, -0.15) is 0 Å². The van der Waals surface area contributed by atoms with Crippen LogP contribution in [0.1, 0.15) is 11.3 Å². The number of piperazine rings is 1. The maximum Gasteiger partial charge on any atom is 0.262 e. The number of aryl methyl sites for hydroxylation is 1. The normalized spacial score (nSPS) is 14.1. The summed E-state index contributed by atoms with van der Waals surface area (Å²) in [6, 6.07) is 20.0. The number of fused-ring (bicyclic) bond motifs is 1. The first-order valence-corrected chi connectivity index (χ1v) is 14.2. The standard InChI is InChI=1S/C30H31N7O2S/c1-20-21(2)32-30-37(28(20)39)26(22-7-4-3-5-8-22)27(40-30)25-11-12-31-29(34-25)33-23-9-6-10-24(19-23)36-15-13-35(14-16-36)17-18-38/h3-12,19,38H,13-18H2,1-2H3,(H,31,33,34). The number of aliphatic hydroxyl groups is 1. The smallest absolute Gasteiger partial charge is 0.262 e. The molecular formula is C30H31N7O2S. The van der Waals surface area contributed by atoms with Gasteiger partial charge in [0.15, 0.2) is 4.96 Å². The molecule has 0 amide bonds. The predicted molar refractivity (Wildman–Crippen MR) is 161 cm³/mol. The fraction of sp³-hybridized carbons (Fsp3) is 0.267. The number of hydrogen-bond donors (Lipinski definition) is 2. The van der Waals surface area contributed by atoms with E-state index >= 15 is 0 Å². The molecule has 0 atom stereocenters. The van der Waals surface area contributed by atoms with Gasteiger partial charge in [0.05, 0.1) is 22.9 Å². The second-order valence-corrected chi connectivity index (χ2v) is 10.9. The van der Waals surface area contributed by atoms with Crippen molar-refractivity contribution in [2.45, 2.75) is 13.8 Å². The first-order valence-electron chi connectivity index (χ1n) is 13.4. The average Bonchev–Trinajstić information content (AvgIpc) is 3.37. The number of benzene rings is 2. The van der Waals surface area contributed by atoms with E-state index in [9.17, 15) is 9.90 Å². The van der Waals surface area contributed by atoms with Crippen LogP contribution in [0.15, 0.2) is 71.7 Å². The molecule has 2 aromatic carbocycles. The molecular weight excluding hydrogens is 522 g/mol. The summed E-state index contributed by atoms with van der Waals surface area (Å²) in [4.78, 5) is 33.6. The molecule has 1 fully saturated rings. The Labute approximate surface area is 236 Å². The Balaban J connectivity index is 1.33. The molecule has 5 aromatic rings. The average molecular weight is 554 g/mol. The van der Waals surface area contributed by atoms with Gasteiger partial charge in [-0.3, -0.25) is 14.1 Å². The third-order valence-electron chi connectivity index (χ3n) is 7.34. The molecule has 0 saturated carbocycles. The van der Waals surface area contributed by atoms with Gasteiger partial charge in [0, 0.05) is 67.1 Å². The van der Waals surface area contributed by atoms with E-state index in [1.165, 1.54) is 11.3 Å². The van der Waals surface area contributed by atoms with E-state index < -0.39 is 0 Å². The van der Waals surface area contributed by atoms with Crippen LogP contribution in [0.5, 0.6) is 0 Å². The van der Waals surface area contributed by atoms with Crippen molar-refractivity contribution in [1.82, 2.24) is 24.3 Å². The monoisotopic (exact) mass is 553 g/mol. The van der Waals surface area contributed by atoms with Crippen LogP contribution in [0, 0.1) is 13.8 Å². The Morgan fingerprint density at radius 3 is 2.55 bits per heavy atom. The van der Waals surface area contributed by atoms with Crippen molar-refractivity contribution >= 4 is 33.6 Å². The van der Waals surface area contributed by atoms with Crippen molar-refractivity contribution in [2.24, 2.45) is 0 Å². The number of aromatic nitrogens is 4. The summed E-state index contributed by atoms with van der Waals surface area (Å²) in [5.41, 5.74) is 5.77. The zero-order chi connectivity index (χ0) is 27.6. The Morgan fingerprint density at radius 2 is 1.77 bits per heavy atom. The van der Waals surface area contributed by atoms with Crippen LogP contribution in [0.2, 0.25) is 0 Å². The third kappa shape index (κ3) is 5.08. The Morgan fingerprint density at radius 1 is 0.975 bits per heavy atom. The lowest BCUT2D eigenvalue weighted by Crippen LogP contribution is -2.47. The van der Waals surface area contributed by atoms with Gasteiger partial charge in [-0.05, 0) is 38.1 Å². The van der Waals surface area contributed by atoms with Crippen LogP contribution in [0.25, 0.3) is 26.8 Å². The van der Waals surface area contributed by atoms with Gasteiger partial charge in [0.25, 0.3) is 5.56 Å². The number of thiazole rings is 1. The van der Waals surface area contributed by atoms with Crippen molar-refractivity contribution < 1.29 is 5.11 Å². The SMILES string of the molecule is Cc1nc2sc(-c3ccnc(Nc4cccc(N5CCN(CCO)CC5)c4)n3)c(-c3ccccc3)n2c(=O)c1C. The summed E-state index contributed by atoms with van der Waals surface area (Å²) in [5, 5.41) is 12.6. The minimum Gasteiger partial charge on any atom is -0.395 e. The van der Waals surface area contributed by atoms with E-state index in [4.69, 9.17) is 9.97 Å². The van der Waals surface area contributed by atoms with Gasteiger partial charge >= 0.3 is 0 Å². The first-order chi connectivity index (χ1) is 19.5. The first kappa shape index (κ1) is 26.1. The van der Waals surface area contributed by atoms with Gasteiger partial charge < -0.3 is 15.3 Å². The number of hydrogen-bond acceptors (Lipinski definition) is 9. The van der Waals surface area contributed by atoms with Gasteiger partial charge in [-0.1, -0.05) is 47.7 Å². The summed E-state index contributed by atoms with van der Waals surface area (Å²) in [5.74, 6) is 0.478. The highest BCUT2D eigenvalue weighted by Gasteiger charge is 2.21. The van der Waals surface area contributed by atoms with Crippen molar-refractivity contribution in [3.8, 4) is 21.8 Å². The molecule has 3 aromatic heterocycles. The van der Waals surface area contributed by atoms with E-state index in [0.29, 0.717) is 16.5 Å². The van der Waals surface area contributed by atoms with E-state index in [1.54, 1.807) is 10.6 Å². The summed E-state index contributed by atoms with van der Waals surface area (Å²) in [6.45, 7) is 8.29. The largest absolute Gasteiger partial charge is 0.395 e. The molecule has 1 aliphatic rings. The number of nitrogens with one attached hydrogen (secondary N) is 1. The fourth-order valence-corrected chi connectivity index (χ4v) is 6.20. The van der Waals surface area contributed by atoms with Crippen LogP contribution >= 0.6 is 11.3 Å². The Kier molecular flexibility index (Phi) is 7.29. The van der Waals surface area contributed by atoms with Crippen molar-refractivity contribution in [3.05, 3.63) is 88.5 Å². The number of nitrogens with zero attached hydrogens (tertiary/aromatic N) is 6. The third-order valence-corrected chi connectivity index (χ3v) is 8.41. The van der Waals surface area contributed by atoms with Gasteiger partial charge in [0.1, 0.15) is 0 Å². The highest BCUT2D eigenvalue weighted by molar-refractivity contribution is 7.20. The van der Waals surface area contributed by atoms with Gasteiger partial charge in [-0.25, -0.2) is 15.0 Å². The molecule has 9 nitrogen and oxygen atoms in total. The summed E-state index contributed by atoms with van der Waals surface area (Å²) in [6.07, 6.45) is 1.74. The van der Waals surface area contributed by atoms with Crippen molar-refractivity contribution in [1.29, 1.82) is 0 Å². The summed E-state index contributed by atoms with van der Waals surface area (Å²) in [7, 11) is 0. The Hall–Kier alpha value is -4.12. The maximum absolute atomic E-state index is 13.4. The molecule has 2 N–H and O–H groups in total. The molecule has 4 heterocycles. The van der Waals surface area contributed by atoms with Crippen LogP contribution in [-0.2, 0) is 0 Å². The minimum absolute atomic E-state index is 0.0646. The zero-order valence-corrected chi connectivity index (χ0v) is 23.4. The number of aliphatic hydroxyl groups excluding tert-OH is 1. The van der Waals surface area contributed by atoms with Crippen molar-refractivity contribution in [2.75, 3.05) is 49.5 Å². The molecule has 0 spiro atoms. The van der Waals surface area contributed by atoms with Crippen LogP contribution in [0.3, 0.4) is 0 Å². The van der Waals surface area contributed by atoms with Crippen LogP contribution in [-0.4, -0.2) is 68.7 Å². The lowest BCUT2D eigenvalue weighted by atomic mass is 10.1. The molecule has 10 heteroatoms. The molecule has 0 bridgehead atoms. The molecule has 204 valence electrons. The number of anilines is 3. The lowest BCUT2D eigenvalue weighted by Gasteiger charge is -2.35. The van der Waals surface area contributed by atoms with E-state index in [-0.39, 0.29) is 12.2 Å². The second kappa shape index (κ2) is 11.2. The van der Waals surface area contributed by atoms with E-state index in [2.05, 4.69) is 32.2 Å². The molecule has 6 rings (SSSR count). The fourth-order valence-electron chi connectivity index (χ4n) is 5.05. The minimum atomic E-state index is -0.0646. The topological polar surface area (TPSA) is 98.9 Å². The highest BCUT2D eigenvalue weighted by Crippen LogP contribution is 2.38. The quantitative estimate of drug-likeness (QED) is 0.307. The van der Waals surface area contributed by atoms with Crippen LogP contribution < -0.4 is 15.8 Å². The summed E-state index contributed by atoms with van der Waals surface area (Å²) >= 11 is 1.46. The molecule has 0 aliphatic carbocycles. The number of rotatable bonds is 7. The highest BCUT2D eigenvalue weighted by atomic mass is 32.1. The predicted octanol–water partition coefficient (Wildman–Crippen LogP) is 4.35. The van der Waals surface area contributed by atoms with E-state index in [1.807, 2.05) is 62.4 Å². The second-order valence-electron chi connectivity index (χ2n) is 9.88. The Bertz CT molecular complexity index is 1710. The number of β-amino-alcohol motifs (C(OH)–C–C–N with tert-alkyl or cyclic N) is 1.